The summed E-state index contributed by atoms with van der Waals surface area (Å²) in [5.41, 5.74) is 5.70. The fourth-order valence-electron chi connectivity index (χ4n) is 5.02. The molecule has 0 spiro atoms. The lowest BCUT2D eigenvalue weighted by molar-refractivity contribution is -0.148. The standard InChI is InChI=1S/C33H39N5O5/c1-3-23-14-16-25-21-34-27(20-26(25)19-23)11-7-13-30(39)36-28(17-15-24-9-5-4-6-10-24)31(40)35-22(2)32(41)38-18-8-12-29(37-38)33(42)43/h4-7,9-11,14,16,19-22,28-29,37H,3,8,12-13,15,17-18H2,1-2H3,(H,35,40)(H,36,39)(H,42,43)/b11-7+/t22?,28-,29-/m0/s1. The van der Waals surface area contributed by atoms with Crippen LogP contribution in [0.1, 0.15) is 56.4 Å². The van der Waals surface area contributed by atoms with Crippen LogP contribution in [0.3, 0.4) is 0 Å². The van der Waals surface area contributed by atoms with E-state index in [1.165, 1.54) is 10.6 Å². The van der Waals surface area contributed by atoms with Gasteiger partial charge < -0.3 is 15.7 Å². The zero-order valence-electron chi connectivity index (χ0n) is 24.6. The SMILES string of the molecule is CCc1ccc2cnc(/C=C/CC(=O)N[C@@H](CCc3ccccc3)C(=O)NC(C)C(=O)N3CCC[C@@H](C(=O)O)N3)cc2c1. The van der Waals surface area contributed by atoms with Crippen LogP contribution in [0.4, 0.5) is 0 Å². The number of pyridine rings is 1. The quantitative estimate of drug-likeness (QED) is 0.255. The summed E-state index contributed by atoms with van der Waals surface area (Å²) in [4.78, 5) is 55.0. The van der Waals surface area contributed by atoms with E-state index in [1.807, 2.05) is 48.7 Å². The number of carboxylic acids is 1. The third kappa shape index (κ3) is 8.96. The lowest BCUT2D eigenvalue weighted by atomic mass is 10.0. The first-order valence-corrected chi connectivity index (χ1v) is 14.7. The number of nitrogens with zero attached hydrogens (tertiary/aromatic N) is 2. The van der Waals surface area contributed by atoms with E-state index in [2.05, 4.69) is 40.1 Å². The number of carbonyl (C=O) groups excluding carboxylic acids is 3. The Morgan fingerprint density at radius 1 is 1.07 bits per heavy atom. The molecule has 3 atom stereocenters. The van der Waals surface area contributed by atoms with Gasteiger partial charge in [0.05, 0.1) is 5.69 Å². The van der Waals surface area contributed by atoms with E-state index >= 15 is 0 Å². The highest BCUT2D eigenvalue weighted by atomic mass is 16.4. The Morgan fingerprint density at radius 2 is 1.86 bits per heavy atom. The molecule has 3 aromatic rings. The van der Waals surface area contributed by atoms with Gasteiger partial charge in [-0.2, -0.15) is 0 Å². The molecule has 2 heterocycles. The average Bonchev–Trinajstić information content (AvgIpc) is 3.02. The lowest BCUT2D eigenvalue weighted by Gasteiger charge is -2.33. The molecule has 1 saturated heterocycles. The minimum atomic E-state index is -1.03. The molecule has 1 aromatic heterocycles. The molecule has 3 amide bonds. The van der Waals surface area contributed by atoms with Crippen molar-refractivity contribution in [2.45, 2.75) is 70.5 Å². The van der Waals surface area contributed by atoms with E-state index < -0.39 is 35.9 Å². The van der Waals surface area contributed by atoms with Crippen molar-refractivity contribution in [3.8, 4) is 0 Å². The molecular weight excluding hydrogens is 546 g/mol. The monoisotopic (exact) mass is 585 g/mol. The highest BCUT2D eigenvalue weighted by molar-refractivity contribution is 5.92. The summed E-state index contributed by atoms with van der Waals surface area (Å²) in [5.74, 6) is -2.29. The van der Waals surface area contributed by atoms with Gasteiger partial charge in [-0.1, -0.05) is 61.5 Å². The zero-order chi connectivity index (χ0) is 30.8. The minimum Gasteiger partial charge on any atom is -0.480 e. The van der Waals surface area contributed by atoms with Gasteiger partial charge in [-0.15, -0.1) is 0 Å². The Balaban J connectivity index is 1.38. The van der Waals surface area contributed by atoms with Crippen molar-refractivity contribution in [2.75, 3.05) is 6.54 Å². The first-order valence-electron chi connectivity index (χ1n) is 14.7. The van der Waals surface area contributed by atoms with Crippen LogP contribution in [0.5, 0.6) is 0 Å². The van der Waals surface area contributed by atoms with Gasteiger partial charge >= 0.3 is 5.97 Å². The number of fused-ring (bicyclic) bond motifs is 1. The molecule has 226 valence electrons. The Morgan fingerprint density at radius 3 is 2.60 bits per heavy atom. The summed E-state index contributed by atoms with van der Waals surface area (Å²) in [7, 11) is 0. The van der Waals surface area contributed by atoms with Crippen molar-refractivity contribution >= 4 is 40.5 Å². The molecule has 1 aliphatic heterocycles. The maximum absolute atomic E-state index is 13.3. The lowest BCUT2D eigenvalue weighted by Crippen LogP contribution is -2.60. The number of aromatic nitrogens is 1. The van der Waals surface area contributed by atoms with E-state index in [4.69, 9.17) is 0 Å². The maximum Gasteiger partial charge on any atom is 0.322 e. The molecule has 0 saturated carbocycles. The van der Waals surface area contributed by atoms with Crippen LogP contribution in [0.15, 0.2) is 66.9 Å². The van der Waals surface area contributed by atoms with E-state index in [0.29, 0.717) is 32.2 Å². The molecule has 4 rings (SSSR count). The summed E-state index contributed by atoms with van der Waals surface area (Å²) >= 11 is 0. The van der Waals surface area contributed by atoms with Gasteiger partial charge in [-0.05, 0) is 67.7 Å². The molecule has 0 bridgehead atoms. The molecule has 1 fully saturated rings. The molecule has 4 N–H and O–H groups in total. The van der Waals surface area contributed by atoms with E-state index in [9.17, 15) is 24.3 Å². The highest BCUT2D eigenvalue weighted by Gasteiger charge is 2.31. The van der Waals surface area contributed by atoms with Crippen molar-refractivity contribution < 1.29 is 24.3 Å². The number of rotatable bonds is 12. The predicted octanol–water partition coefficient (Wildman–Crippen LogP) is 3.40. The first kappa shape index (κ1) is 31.4. The number of hydrazine groups is 1. The van der Waals surface area contributed by atoms with Crippen molar-refractivity contribution in [3.63, 3.8) is 0 Å². The second-order valence-corrected chi connectivity index (χ2v) is 10.8. The molecule has 43 heavy (non-hydrogen) atoms. The Labute approximate surface area is 251 Å². The molecule has 1 unspecified atom stereocenters. The fourth-order valence-corrected chi connectivity index (χ4v) is 5.02. The van der Waals surface area contributed by atoms with Crippen LogP contribution >= 0.6 is 0 Å². The summed E-state index contributed by atoms with van der Waals surface area (Å²) in [6.07, 6.45) is 8.13. The van der Waals surface area contributed by atoms with Gasteiger partial charge in [0.2, 0.25) is 11.8 Å². The van der Waals surface area contributed by atoms with Crippen molar-refractivity contribution in [3.05, 3.63) is 83.7 Å². The number of amides is 3. The van der Waals surface area contributed by atoms with E-state index in [-0.39, 0.29) is 12.3 Å². The third-order valence-corrected chi connectivity index (χ3v) is 7.50. The first-order chi connectivity index (χ1) is 20.7. The number of carbonyl (C=O) groups is 4. The molecule has 10 nitrogen and oxygen atoms in total. The number of hydrogen-bond acceptors (Lipinski definition) is 6. The number of nitrogens with one attached hydrogen (secondary N) is 3. The van der Waals surface area contributed by atoms with E-state index in [0.717, 1.165) is 28.5 Å². The zero-order valence-corrected chi connectivity index (χ0v) is 24.6. The van der Waals surface area contributed by atoms with Gasteiger partial charge in [0.25, 0.3) is 5.91 Å². The summed E-state index contributed by atoms with van der Waals surface area (Å²) < 4.78 is 0. The van der Waals surface area contributed by atoms with Gasteiger partial charge in [0.15, 0.2) is 0 Å². The molecular formula is C33H39N5O5. The molecule has 10 heteroatoms. The second-order valence-electron chi connectivity index (χ2n) is 10.8. The van der Waals surface area contributed by atoms with Crippen molar-refractivity contribution in [2.24, 2.45) is 0 Å². The van der Waals surface area contributed by atoms with Crippen LogP contribution in [0.2, 0.25) is 0 Å². The summed E-state index contributed by atoms with van der Waals surface area (Å²) in [5, 5.41) is 18.2. The topological polar surface area (TPSA) is 141 Å². The maximum atomic E-state index is 13.3. The molecule has 0 radical (unpaired) electrons. The van der Waals surface area contributed by atoms with Crippen molar-refractivity contribution in [1.82, 2.24) is 26.1 Å². The smallest absolute Gasteiger partial charge is 0.322 e. The number of aliphatic carboxylic acids is 1. The van der Waals surface area contributed by atoms with Crippen molar-refractivity contribution in [1.29, 1.82) is 0 Å². The van der Waals surface area contributed by atoms with Crippen LogP contribution in [0.25, 0.3) is 16.8 Å². The number of benzene rings is 2. The fraction of sp³-hybridized carbons (Fsp3) is 0.364. The molecule has 2 aromatic carbocycles. The second kappa shape index (κ2) is 15.1. The molecule has 0 aliphatic carbocycles. The number of aryl methyl sites for hydroxylation is 2. The highest BCUT2D eigenvalue weighted by Crippen LogP contribution is 2.17. The third-order valence-electron chi connectivity index (χ3n) is 7.50. The predicted molar refractivity (Wildman–Crippen MR) is 165 cm³/mol. The van der Waals surface area contributed by atoms with E-state index in [1.54, 1.807) is 19.1 Å². The summed E-state index contributed by atoms with van der Waals surface area (Å²) in [6, 6.07) is 15.2. The average molecular weight is 586 g/mol. The van der Waals surface area contributed by atoms with Gasteiger partial charge in [0, 0.05) is 24.5 Å². The summed E-state index contributed by atoms with van der Waals surface area (Å²) in [6.45, 7) is 4.00. The largest absolute Gasteiger partial charge is 0.480 e. The van der Waals surface area contributed by atoms with Crippen LogP contribution in [0, 0.1) is 0 Å². The van der Waals surface area contributed by atoms with Crippen LogP contribution in [-0.4, -0.2) is 63.5 Å². The number of carboxylic acid groups (broad SMARTS) is 1. The normalized spacial score (nSPS) is 16.5. The Kier molecular flexibility index (Phi) is 11.0. The molecule has 1 aliphatic rings. The van der Waals surface area contributed by atoms with Crippen LogP contribution < -0.4 is 16.1 Å². The van der Waals surface area contributed by atoms with Gasteiger partial charge in [-0.3, -0.25) is 29.2 Å². The minimum absolute atomic E-state index is 0.0482. The van der Waals surface area contributed by atoms with Crippen LogP contribution in [-0.2, 0) is 32.0 Å². The Bertz CT molecular complexity index is 1480. The number of hydrogen-bond donors (Lipinski definition) is 4. The van der Waals surface area contributed by atoms with Gasteiger partial charge in [-0.25, -0.2) is 5.43 Å². The Hall–Kier alpha value is -4.57. The van der Waals surface area contributed by atoms with Gasteiger partial charge in [0.1, 0.15) is 18.1 Å².